The molecule has 1 aromatic heterocycles. The average molecular weight is 330 g/mol. The number of aromatic nitrogens is 2. The molecule has 1 N–H and O–H groups in total. The molecule has 2 heterocycles. The lowest BCUT2D eigenvalue weighted by atomic mass is 10.3. The van der Waals surface area contributed by atoms with E-state index in [1.54, 1.807) is 6.92 Å². The van der Waals surface area contributed by atoms with Crippen molar-refractivity contribution in [3.05, 3.63) is 52.2 Å². The SMILES string of the molecule is Cc1cc(=O)n(CC(=O)Nc2ccc(F)cc2)c(N2CCCC2)n1. The van der Waals surface area contributed by atoms with Crippen LogP contribution in [0.25, 0.3) is 0 Å². The van der Waals surface area contributed by atoms with Gasteiger partial charge >= 0.3 is 0 Å². The van der Waals surface area contributed by atoms with Crippen molar-refractivity contribution in [1.29, 1.82) is 0 Å². The zero-order valence-electron chi connectivity index (χ0n) is 13.5. The van der Waals surface area contributed by atoms with Crippen molar-refractivity contribution in [3.63, 3.8) is 0 Å². The van der Waals surface area contributed by atoms with Gasteiger partial charge in [-0.1, -0.05) is 0 Å². The molecule has 0 aliphatic carbocycles. The summed E-state index contributed by atoms with van der Waals surface area (Å²) in [7, 11) is 0. The minimum atomic E-state index is -0.372. The lowest BCUT2D eigenvalue weighted by molar-refractivity contribution is -0.116. The number of amides is 1. The number of carbonyl (C=O) groups is 1. The summed E-state index contributed by atoms with van der Waals surface area (Å²) in [6, 6.07) is 6.91. The first-order chi connectivity index (χ1) is 11.5. The van der Waals surface area contributed by atoms with Crippen LogP contribution in [0.4, 0.5) is 16.0 Å². The van der Waals surface area contributed by atoms with Crippen molar-refractivity contribution >= 4 is 17.5 Å². The summed E-state index contributed by atoms with van der Waals surface area (Å²) in [4.78, 5) is 31.1. The van der Waals surface area contributed by atoms with Crippen molar-refractivity contribution in [2.75, 3.05) is 23.3 Å². The molecule has 0 unspecified atom stereocenters. The van der Waals surface area contributed by atoms with Gasteiger partial charge in [-0.2, -0.15) is 0 Å². The standard InChI is InChI=1S/C17H19FN4O2/c1-12-10-16(24)22(17(19-12)21-8-2-3-9-21)11-15(23)20-14-6-4-13(18)5-7-14/h4-7,10H,2-3,8-9,11H2,1H3,(H,20,23). The van der Waals surface area contributed by atoms with E-state index < -0.39 is 0 Å². The van der Waals surface area contributed by atoms with Gasteiger partial charge in [-0.05, 0) is 44.0 Å². The normalized spacial score (nSPS) is 14.0. The number of benzene rings is 1. The summed E-state index contributed by atoms with van der Waals surface area (Å²) in [5, 5.41) is 2.67. The zero-order chi connectivity index (χ0) is 17.1. The molecule has 1 amide bonds. The largest absolute Gasteiger partial charge is 0.342 e. The Morgan fingerprint density at radius 1 is 1.25 bits per heavy atom. The monoisotopic (exact) mass is 330 g/mol. The van der Waals surface area contributed by atoms with Crippen molar-refractivity contribution in [3.8, 4) is 0 Å². The molecule has 0 radical (unpaired) electrons. The van der Waals surface area contributed by atoms with E-state index in [2.05, 4.69) is 10.3 Å². The van der Waals surface area contributed by atoms with Crippen LogP contribution in [-0.4, -0.2) is 28.5 Å². The highest BCUT2D eigenvalue weighted by atomic mass is 19.1. The Bertz CT molecular complexity index is 795. The number of hydrogen-bond donors (Lipinski definition) is 1. The second kappa shape index (κ2) is 6.82. The second-order valence-electron chi connectivity index (χ2n) is 5.87. The third kappa shape index (κ3) is 3.61. The molecule has 1 aromatic carbocycles. The maximum Gasteiger partial charge on any atom is 0.255 e. The van der Waals surface area contributed by atoms with Crippen LogP contribution in [0.15, 0.2) is 35.1 Å². The van der Waals surface area contributed by atoms with Crippen LogP contribution in [0.1, 0.15) is 18.5 Å². The maximum absolute atomic E-state index is 12.9. The Labute approximate surface area is 138 Å². The van der Waals surface area contributed by atoms with E-state index >= 15 is 0 Å². The predicted molar refractivity (Wildman–Crippen MR) is 89.7 cm³/mol. The highest BCUT2D eigenvalue weighted by Crippen LogP contribution is 2.17. The van der Waals surface area contributed by atoms with E-state index in [1.165, 1.54) is 34.9 Å². The van der Waals surface area contributed by atoms with E-state index in [-0.39, 0.29) is 23.8 Å². The second-order valence-corrected chi connectivity index (χ2v) is 5.87. The highest BCUT2D eigenvalue weighted by Gasteiger charge is 2.20. The van der Waals surface area contributed by atoms with Gasteiger partial charge in [-0.3, -0.25) is 14.2 Å². The molecule has 0 saturated carbocycles. The fourth-order valence-corrected chi connectivity index (χ4v) is 2.79. The minimum absolute atomic E-state index is 0.130. The van der Waals surface area contributed by atoms with Gasteiger partial charge in [-0.15, -0.1) is 0 Å². The average Bonchev–Trinajstić information content (AvgIpc) is 3.06. The van der Waals surface area contributed by atoms with E-state index in [1.807, 2.05) is 4.90 Å². The molecular formula is C17H19FN4O2. The predicted octanol–water partition coefficient (Wildman–Crippen LogP) is 1.93. The van der Waals surface area contributed by atoms with Crippen LogP contribution in [0.2, 0.25) is 0 Å². The number of carbonyl (C=O) groups excluding carboxylic acids is 1. The van der Waals surface area contributed by atoms with E-state index in [0.29, 0.717) is 17.3 Å². The van der Waals surface area contributed by atoms with Gasteiger partial charge in [0.1, 0.15) is 12.4 Å². The summed E-state index contributed by atoms with van der Waals surface area (Å²) in [5.41, 5.74) is 0.869. The van der Waals surface area contributed by atoms with Crippen LogP contribution in [-0.2, 0) is 11.3 Å². The first-order valence-corrected chi connectivity index (χ1v) is 7.92. The van der Waals surface area contributed by atoms with Crippen molar-refractivity contribution in [2.24, 2.45) is 0 Å². The Morgan fingerprint density at radius 2 is 1.92 bits per heavy atom. The molecule has 0 atom stereocenters. The van der Waals surface area contributed by atoms with E-state index in [0.717, 1.165) is 25.9 Å². The summed E-state index contributed by atoms with van der Waals surface area (Å²) in [5.74, 6) is -0.190. The fourth-order valence-electron chi connectivity index (χ4n) is 2.79. The van der Waals surface area contributed by atoms with Crippen LogP contribution < -0.4 is 15.8 Å². The van der Waals surface area contributed by atoms with Gasteiger partial charge in [0.05, 0.1) is 0 Å². The number of halogens is 1. The summed E-state index contributed by atoms with van der Waals surface area (Å²) in [6.45, 7) is 3.30. The first kappa shape index (κ1) is 16.2. The Morgan fingerprint density at radius 3 is 2.58 bits per heavy atom. The first-order valence-electron chi connectivity index (χ1n) is 7.92. The fraction of sp³-hybridized carbons (Fsp3) is 0.353. The Kier molecular flexibility index (Phi) is 4.59. The molecule has 1 fully saturated rings. The van der Waals surface area contributed by atoms with Crippen LogP contribution in [0, 0.1) is 12.7 Å². The van der Waals surface area contributed by atoms with Crippen molar-refractivity contribution in [1.82, 2.24) is 9.55 Å². The van der Waals surface area contributed by atoms with E-state index in [9.17, 15) is 14.0 Å². The quantitative estimate of drug-likeness (QED) is 0.930. The lowest BCUT2D eigenvalue weighted by Gasteiger charge is -2.21. The molecule has 6 nitrogen and oxygen atoms in total. The smallest absolute Gasteiger partial charge is 0.255 e. The number of rotatable bonds is 4. The number of hydrogen-bond acceptors (Lipinski definition) is 4. The van der Waals surface area contributed by atoms with Gasteiger partial charge in [-0.25, -0.2) is 9.37 Å². The van der Waals surface area contributed by atoms with Gasteiger partial charge in [0, 0.05) is 30.5 Å². The molecule has 3 rings (SSSR count). The van der Waals surface area contributed by atoms with E-state index in [4.69, 9.17) is 0 Å². The maximum atomic E-state index is 12.9. The molecule has 2 aromatic rings. The topological polar surface area (TPSA) is 67.2 Å². The third-order valence-corrected chi connectivity index (χ3v) is 3.93. The minimum Gasteiger partial charge on any atom is -0.342 e. The number of nitrogens with one attached hydrogen (secondary N) is 1. The third-order valence-electron chi connectivity index (χ3n) is 3.93. The number of anilines is 2. The molecule has 24 heavy (non-hydrogen) atoms. The van der Waals surface area contributed by atoms with Crippen LogP contribution in [0.3, 0.4) is 0 Å². The zero-order valence-corrected chi connectivity index (χ0v) is 13.5. The molecule has 1 saturated heterocycles. The van der Waals surface area contributed by atoms with Gasteiger partial charge in [0.2, 0.25) is 11.9 Å². The van der Waals surface area contributed by atoms with Crippen molar-refractivity contribution in [2.45, 2.75) is 26.3 Å². The molecule has 1 aliphatic heterocycles. The van der Waals surface area contributed by atoms with Crippen LogP contribution in [0.5, 0.6) is 0 Å². The molecule has 7 heteroatoms. The Hall–Kier alpha value is -2.70. The highest BCUT2D eigenvalue weighted by molar-refractivity contribution is 5.90. The molecule has 0 spiro atoms. The van der Waals surface area contributed by atoms with Gasteiger partial charge < -0.3 is 10.2 Å². The van der Waals surface area contributed by atoms with Gasteiger partial charge in [0.15, 0.2) is 0 Å². The lowest BCUT2D eigenvalue weighted by Crippen LogP contribution is -2.34. The van der Waals surface area contributed by atoms with Crippen molar-refractivity contribution < 1.29 is 9.18 Å². The summed E-state index contributed by atoms with van der Waals surface area (Å²) < 4.78 is 14.3. The molecule has 1 aliphatic rings. The van der Waals surface area contributed by atoms with Crippen LogP contribution >= 0.6 is 0 Å². The molecular weight excluding hydrogens is 311 g/mol. The molecule has 126 valence electrons. The van der Waals surface area contributed by atoms with Gasteiger partial charge in [0.25, 0.3) is 5.56 Å². The number of nitrogens with zero attached hydrogens (tertiary/aromatic N) is 3. The summed E-state index contributed by atoms with van der Waals surface area (Å²) in [6.07, 6.45) is 2.09. The molecule has 0 bridgehead atoms. The number of aryl methyl sites for hydroxylation is 1. The Balaban J connectivity index is 1.82. The summed E-state index contributed by atoms with van der Waals surface area (Å²) >= 11 is 0.